The number of nitrogens with one attached hydrogen (secondary N) is 2. The highest BCUT2D eigenvalue weighted by Gasteiger charge is 2.25. The summed E-state index contributed by atoms with van der Waals surface area (Å²) in [5.74, 6) is -1.46. The van der Waals surface area contributed by atoms with Crippen molar-refractivity contribution in [1.82, 2.24) is 4.98 Å². The molecule has 3 rings (SSSR count). The largest absolute Gasteiger partial charge is 0.451 e. The summed E-state index contributed by atoms with van der Waals surface area (Å²) < 4.78 is 32.5. The highest BCUT2D eigenvalue weighted by Crippen LogP contribution is 2.29. The van der Waals surface area contributed by atoms with Crippen LogP contribution in [0.25, 0.3) is 0 Å². The summed E-state index contributed by atoms with van der Waals surface area (Å²) in [6.45, 7) is 1.32. The molecule has 0 bridgehead atoms. The molecule has 2 N–H and O–H groups in total. The third-order valence-corrected chi connectivity index (χ3v) is 6.78. The fraction of sp³-hybridized carbons (Fsp3) is 0.143. The molecule has 1 aromatic heterocycles. The van der Waals surface area contributed by atoms with Gasteiger partial charge >= 0.3 is 5.97 Å². The summed E-state index contributed by atoms with van der Waals surface area (Å²) in [5.41, 5.74) is 0.669. The van der Waals surface area contributed by atoms with Gasteiger partial charge in [-0.3, -0.25) is 9.10 Å². The fourth-order valence-corrected chi connectivity index (χ4v) is 4.68. The van der Waals surface area contributed by atoms with Crippen LogP contribution in [0.3, 0.4) is 0 Å². The first kappa shape index (κ1) is 23.6. The lowest BCUT2D eigenvalue weighted by molar-refractivity contribution is -0.119. The van der Waals surface area contributed by atoms with Gasteiger partial charge in [0.1, 0.15) is 5.69 Å². The second-order valence-electron chi connectivity index (χ2n) is 6.50. The second-order valence-corrected chi connectivity index (χ2v) is 9.21. The molecule has 0 saturated carbocycles. The van der Waals surface area contributed by atoms with E-state index in [2.05, 4.69) is 10.3 Å². The van der Waals surface area contributed by atoms with Gasteiger partial charge in [0, 0.05) is 12.7 Å². The number of para-hydroxylation sites is 1. The van der Waals surface area contributed by atoms with Crippen molar-refractivity contribution in [2.75, 3.05) is 22.8 Å². The van der Waals surface area contributed by atoms with E-state index >= 15 is 0 Å². The van der Waals surface area contributed by atoms with Crippen molar-refractivity contribution in [2.24, 2.45) is 0 Å². The van der Waals surface area contributed by atoms with Crippen LogP contribution in [0.15, 0.2) is 65.7 Å². The molecule has 168 valence electrons. The molecule has 0 aliphatic carbocycles. The van der Waals surface area contributed by atoms with Gasteiger partial charge in [-0.2, -0.15) is 0 Å². The van der Waals surface area contributed by atoms with Crippen LogP contribution < -0.4 is 9.62 Å². The van der Waals surface area contributed by atoms with Gasteiger partial charge in [-0.15, -0.1) is 0 Å². The van der Waals surface area contributed by atoms with Crippen molar-refractivity contribution < 1.29 is 22.7 Å². The number of esters is 1. The summed E-state index contributed by atoms with van der Waals surface area (Å²) in [7, 11) is -3.92. The zero-order valence-electron chi connectivity index (χ0n) is 16.8. The number of aromatic nitrogens is 1. The molecule has 3 aromatic rings. The number of ether oxygens (including phenoxy) is 1. The van der Waals surface area contributed by atoms with Crippen molar-refractivity contribution in [3.05, 3.63) is 76.5 Å². The molecule has 0 aliphatic heterocycles. The van der Waals surface area contributed by atoms with E-state index in [9.17, 15) is 18.0 Å². The number of carbonyl (C=O) groups is 2. The Kier molecular flexibility index (Phi) is 7.44. The average molecular weight is 496 g/mol. The van der Waals surface area contributed by atoms with Crippen molar-refractivity contribution in [1.29, 1.82) is 0 Å². The number of aromatic amines is 1. The van der Waals surface area contributed by atoms with Gasteiger partial charge in [0.25, 0.3) is 15.9 Å². The Hall–Kier alpha value is -3.01. The number of nitrogens with zero attached hydrogens (tertiary/aromatic N) is 1. The molecule has 2 aromatic carbocycles. The number of benzene rings is 2. The Morgan fingerprint density at radius 2 is 1.81 bits per heavy atom. The Balaban J connectivity index is 1.75. The first-order chi connectivity index (χ1) is 15.2. The smallest absolute Gasteiger partial charge is 0.355 e. The SMILES string of the molecule is CCN(c1ccccc1)S(=O)(=O)c1ccc(Cl)c(NC(=O)COC(=O)c2cc(Cl)c[nH]2)c1. The molecule has 0 unspecified atom stereocenters. The highest BCUT2D eigenvalue weighted by molar-refractivity contribution is 7.92. The number of hydrogen-bond donors (Lipinski definition) is 2. The predicted molar refractivity (Wildman–Crippen MR) is 123 cm³/mol. The number of carbonyl (C=O) groups excluding carboxylic acids is 2. The first-order valence-corrected chi connectivity index (χ1v) is 11.6. The first-order valence-electron chi connectivity index (χ1n) is 9.40. The van der Waals surface area contributed by atoms with E-state index in [1.807, 2.05) is 0 Å². The minimum atomic E-state index is -3.92. The van der Waals surface area contributed by atoms with Gasteiger partial charge in [-0.1, -0.05) is 41.4 Å². The molecule has 1 heterocycles. The summed E-state index contributed by atoms with van der Waals surface area (Å²) in [5, 5.41) is 2.91. The third-order valence-electron chi connectivity index (χ3n) is 4.33. The zero-order chi connectivity index (χ0) is 23.3. The van der Waals surface area contributed by atoms with Crippen LogP contribution in [-0.4, -0.2) is 38.4 Å². The van der Waals surface area contributed by atoms with E-state index in [1.165, 1.54) is 34.8 Å². The number of rotatable bonds is 8. The van der Waals surface area contributed by atoms with Crippen molar-refractivity contribution in [2.45, 2.75) is 11.8 Å². The van der Waals surface area contributed by atoms with E-state index in [4.69, 9.17) is 27.9 Å². The quantitative estimate of drug-likeness (QED) is 0.452. The maximum absolute atomic E-state index is 13.2. The molecular formula is C21H19Cl2N3O5S. The van der Waals surface area contributed by atoms with Gasteiger partial charge < -0.3 is 15.0 Å². The Labute approximate surface area is 195 Å². The minimum Gasteiger partial charge on any atom is -0.451 e. The normalized spacial score (nSPS) is 11.1. The molecule has 32 heavy (non-hydrogen) atoms. The molecule has 0 radical (unpaired) electrons. The summed E-state index contributed by atoms with van der Waals surface area (Å²) in [6, 6.07) is 14.0. The number of halogens is 2. The van der Waals surface area contributed by atoms with Crippen LogP contribution >= 0.6 is 23.2 Å². The standard InChI is InChI=1S/C21H19Cl2N3O5S/c1-2-26(15-6-4-3-5-7-15)32(29,30)16-8-9-17(23)18(11-16)25-20(27)13-31-21(28)19-10-14(22)12-24-19/h3-12,24H,2,13H2,1H3,(H,25,27). The van der Waals surface area contributed by atoms with Crippen LogP contribution in [0.2, 0.25) is 10.0 Å². The highest BCUT2D eigenvalue weighted by atomic mass is 35.5. The number of hydrogen-bond acceptors (Lipinski definition) is 5. The molecule has 11 heteroatoms. The third kappa shape index (κ3) is 5.42. The maximum atomic E-state index is 13.2. The van der Waals surface area contributed by atoms with Crippen molar-refractivity contribution in [3.63, 3.8) is 0 Å². The fourth-order valence-electron chi connectivity index (χ4n) is 2.85. The lowest BCUT2D eigenvalue weighted by Crippen LogP contribution is -2.30. The van der Waals surface area contributed by atoms with Crippen molar-refractivity contribution in [3.8, 4) is 0 Å². The molecule has 1 amide bonds. The molecule has 0 fully saturated rings. The monoisotopic (exact) mass is 495 g/mol. The topological polar surface area (TPSA) is 109 Å². The van der Waals surface area contributed by atoms with Crippen LogP contribution in [0.5, 0.6) is 0 Å². The molecule has 0 aliphatic rings. The Morgan fingerprint density at radius 1 is 1.09 bits per heavy atom. The van der Waals surface area contributed by atoms with Gasteiger partial charge in [0.05, 0.1) is 26.3 Å². The molecule has 0 saturated heterocycles. The van der Waals surface area contributed by atoms with E-state index in [-0.39, 0.29) is 27.8 Å². The van der Waals surface area contributed by atoms with Gasteiger partial charge in [-0.25, -0.2) is 13.2 Å². The molecule has 0 spiro atoms. The number of sulfonamides is 1. The average Bonchev–Trinajstić information content (AvgIpc) is 3.21. The van der Waals surface area contributed by atoms with Crippen LogP contribution in [-0.2, 0) is 19.6 Å². The van der Waals surface area contributed by atoms with E-state index < -0.39 is 28.5 Å². The Bertz CT molecular complexity index is 1230. The van der Waals surface area contributed by atoms with Gasteiger partial charge in [0.15, 0.2) is 6.61 Å². The van der Waals surface area contributed by atoms with Gasteiger partial charge in [-0.05, 0) is 43.3 Å². The van der Waals surface area contributed by atoms with E-state index in [0.29, 0.717) is 10.7 Å². The second kappa shape index (κ2) is 10.1. The van der Waals surface area contributed by atoms with Crippen LogP contribution in [0, 0.1) is 0 Å². The molecule has 0 atom stereocenters. The number of amides is 1. The molecule has 8 nitrogen and oxygen atoms in total. The predicted octanol–water partition coefficient (Wildman–Crippen LogP) is 4.33. The summed E-state index contributed by atoms with van der Waals surface area (Å²) in [6.07, 6.45) is 1.40. The summed E-state index contributed by atoms with van der Waals surface area (Å²) >= 11 is 11.9. The van der Waals surface area contributed by atoms with Crippen LogP contribution in [0.1, 0.15) is 17.4 Å². The lowest BCUT2D eigenvalue weighted by atomic mass is 10.3. The maximum Gasteiger partial charge on any atom is 0.355 e. The number of anilines is 2. The van der Waals surface area contributed by atoms with Crippen LogP contribution in [0.4, 0.5) is 11.4 Å². The Morgan fingerprint density at radius 3 is 2.44 bits per heavy atom. The molecular weight excluding hydrogens is 477 g/mol. The lowest BCUT2D eigenvalue weighted by Gasteiger charge is -2.23. The van der Waals surface area contributed by atoms with E-state index in [0.717, 1.165) is 0 Å². The number of H-pyrrole nitrogens is 1. The van der Waals surface area contributed by atoms with Gasteiger partial charge in [0.2, 0.25) is 0 Å². The summed E-state index contributed by atoms with van der Waals surface area (Å²) in [4.78, 5) is 26.7. The minimum absolute atomic E-state index is 0.0547. The van der Waals surface area contributed by atoms with Crippen molar-refractivity contribution >= 4 is 56.5 Å². The zero-order valence-corrected chi connectivity index (χ0v) is 19.2. The van der Waals surface area contributed by atoms with E-state index in [1.54, 1.807) is 37.3 Å².